The van der Waals surface area contributed by atoms with E-state index in [1.54, 1.807) is 0 Å². The topological polar surface area (TPSA) is 27.7 Å². The predicted molar refractivity (Wildman–Crippen MR) is 79.6 cm³/mol. The normalized spacial score (nSPS) is 27.6. The molecule has 2 heterocycles. The summed E-state index contributed by atoms with van der Waals surface area (Å²) >= 11 is 0. The maximum Gasteiger partial charge on any atom is 0.0594 e. The molecule has 4 heteroatoms. The molecule has 2 saturated heterocycles. The van der Waals surface area contributed by atoms with Crippen molar-refractivity contribution in [2.45, 2.75) is 32.2 Å². The van der Waals surface area contributed by atoms with Crippen LogP contribution in [-0.2, 0) is 4.74 Å². The second-order valence-electron chi connectivity index (χ2n) is 6.81. The highest BCUT2D eigenvalue weighted by Gasteiger charge is 2.28. The number of hydrogen-bond acceptors (Lipinski definition) is 4. The van der Waals surface area contributed by atoms with Crippen LogP contribution in [0.5, 0.6) is 0 Å². The zero-order valence-corrected chi connectivity index (χ0v) is 13.0. The van der Waals surface area contributed by atoms with Crippen molar-refractivity contribution in [1.29, 1.82) is 0 Å². The molecule has 2 aliphatic heterocycles. The summed E-state index contributed by atoms with van der Waals surface area (Å²) in [6.07, 6.45) is 2.74. The number of rotatable bonds is 5. The maximum absolute atomic E-state index is 5.44. The van der Waals surface area contributed by atoms with E-state index in [1.165, 1.54) is 25.9 Å². The van der Waals surface area contributed by atoms with Gasteiger partial charge in [0.15, 0.2) is 0 Å². The van der Waals surface area contributed by atoms with Gasteiger partial charge in [-0.1, -0.05) is 0 Å². The SMILES string of the molecule is CN1CCCC(CNCC(C)(C)N2CCOCC2)C1. The first-order valence-corrected chi connectivity index (χ1v) is 7.80. The van der Waals surface area contributed by atoms with Gasteiger partial charge < -0.3 is 15.0 Å². The molecule has 112 valence electrons. The lowest BCUT2D eigenvalue weighted by atomic mass is 9.97. The molecule has 0 spiro atoms. The van der Waals surface area contributed by atoms with Crippen molar-refractivity contribution in [3.05, 3.63) is 0 Å². The molecule has 1 atom stereocenters. The Morgan fingerprint density at radius 3 is 2.63 bits per heavy atom. The van der Waals surface area contributed by atoms with E-state index in [-0.39, 0.29) is 5.54 Å². The molecule has 0 amide bonds. The molecule has 1 N–H and O–H groups in total. The first kappa shape index (κ1) is 15.2. The molecular weight excluding hydrogens is 238 g/mol. The van der Waals surface area contributed by atoms with Crippen molar-refractivity contribution in [2.24, 2.45) is 5.92 Å². The fourth-order valence-electron chi connectivity index (χ4n) is 3.30. The lowest BCUT2D eigenvalue weighted by Gasteiger charge is -2.41. The second-order valence-corrected chi connectivity index (χ2v) is 6.81. The van der Waals surface area contributed by atoms with Crippen LogP contribution in [0.15, 0.2) is 0 Å². The van der Waals surface area contributed by atoms with Gasteiger partial charge >= 0.3 is 0 Å². The van der Waals surface area contributed by atoms with E-state index < -0.39 is 0 Å². The Labute approximate surface area is 118 Å². The largest absolute Gasteiger partial charge is 0.379 e. The zero-order chi connectivity index (χ0) is 13.7. The molecule has 2 fully saturated rings. The Kier molecular flexibility index (Phi) is 5.63. The molecule has 19 heavy (non-hydrogen) atoms. The minimum Gasteiger partial charge on any atom is -0.379 e. The average molecular weight is 269 g/mol. The van der Waals surface area contributed by atoms with Crippen LogP contribution in [0.4, 0.5) is 0 Å². The summed E-state index contributed by atoms with van der Waals surface area (Å²) in [7, 11) is 2.24. The van der Waals surface area contributed by atoms with Crippen LogP contribution in [0.2, 0.25) is 0 Å². The standard InChI is InChI=1S/C15H31N3O/c1-15(2,18-7-9-19-10-8-18)13-16-11-14-5-4-6-17(3)12-14/h14,16H,4-13H2,1-3H3. The molecule has 4 nitrogen and oxygen atoms in total. The number of likely N-dealkylation sites (tertiary alicyclic amines) is 1. The van der Waals surface area contributed by atoms with Crippen LogP contribution in [0, 0.1) is 5.92 Å². The number of ether oxygens (including phenoxy) is 1. The summed E-state index contributed by atoms with van der Waals surface area (Å²) < 4.78 is 5.44. The first-order chi connectivity index (χ1) is 9.08. The number of piperidine rings is 1. The van der Waals surface area contributed by atoms with Crippen molar-refractivity contribution in [1.82, 2.24) is 15.1 Å². The van der Waals surface area contributed by atoms with Gasteiger partial charge in [-0.05, 0) is 52.7 Å². The lowest BCUT2D eigenvalue weighted by molar-refractivity contribution is -0.00996. The number of hydrogen-bond donors (Lipinski definition) is 1. The first-order valence-electron chi connectivity index (χ1n) is 7.80. The number of morpholine rings is 1. The summed E-state index contributed by atoms with van der Waals surface area (Å²) in [5.41, 5.74) is 0.240. The number of nitrogens with one attached hydrogen (secondary N) is 1. The van der Waals surface area contributed by atoms with Crippen molar-refractivity contribution < 1.29 is 4.74 Å². The molecule has 0 saturated carbocycles. The highest BCUT2D eigenvalue weighted by molar-refractivity contribution is 4.86. The summed E-state index contributed by atoms with van der Waals surface area (Å²) in [5.74, 6) is 0.833. The third-order valence-corrected chi connectivity index (χ3v) is 4.58. The smallest absolute Gasteiger partial charge is 0.0594 e. The van der Waals surface area contributed by atoms with Crippen LogP contribution in [0.1, 0.15) is 26.7 Å². The van der Waals surface area contributed by atoms with Crippen LogP contribution in [0.25, 0.3) is 0 Å². The molecule has 0 aromatic rings. The van der Waals surface area contributed by atoms with Gasteiger partial charge in [-0.2, -0.15) is 0 Å². The molecule has 0 radical (unpaired) electrons. The van der Waals surface area contributed by atoms with Crippen LogP contribution in [0.3, 0.4) is 0 Å². The van der Waals surface area contributed by atoms with E-state index in [0.29, 0.717) is 0 Å². The van der Waals surface area contributed by atoms with Gasteiger partial charge in [0.25, 0.3) is 0 Å². The van der Waals surface area contributed by atoms with Crippen LogP contribution < -0.4 is 5.32 Å². The highest BCUT2D eigenvalue weighted by atomic mass is 16.5. The second kappa shape index (κ2) is 7.02. The van der Waals surface area contributed by atoms with Crippen LogP contribution >= 0.6 is 0 Å². The third-order valence-electron chi connectivity index (χ3n) is 4.58. The average Bonchev–Trinajstić information content (AvgIpc) is 2.40. The van der Waals surface area contributed by atoms with E-state index in [0.717, 1.165) is 45.3 Å². The van der Waals surface area contributed by atoms with Gasteiger partial charge in [-0.3, -0.25) is 4.90 Å². The monoisotopic (exact) mass is 269 g/mol. The Morgan fingerprint density at radius 2 is 1.95 bits per heavy atom. The van der Waals surface area contributed by atoms with Gasteiger partial charge in [-0.25, -0.2) is 0 Å². The van der Waals surface area contributed by atoms with E-state index in [4.69, 9.17) is 4.74 Å². The number of nitrogens with zero attached hydrogens (tertiary/aromatic N) is 2. The van der Waals surface area contributed by atoms with E-state index >= 15 is 0 Å². The predicted octanol–water partition coefficient (Wildman–Crippen LogP) is 1.03. The van der Waals surface area contributed by atoms with Gasteiger partial charge in [0.05, 0.1) is 13.2 Å². The molecule has 2 rings (SSSR count). The van der Waals surface area contributed by atoms with Gasteiger partial charge in [0.2, 0.25) is 0 Å². The van der Waals surface area contributed by atoms with E-state index in [9.17, 15) is 0 Å². The molecule has 0 aliphatic carbocycles. The summed E-state index contributed by atoms with van der Waals surface area (Å²) in [5, 5.41) is 3.70. The van der Waals surface area contributed by atoms with Crippen molar-refractivity contribution >= 4 is 0 Å². The third kappa shape index (κ3) is 4.71. The Balaban J connectivity index is 1.68. The van der Waals surface area contributed by atoms with Crippen molar-refractivity contribution in [2.75, 3.05) is 59.5 Å². The Bertz CT molecular complexity index is 264. The van der Waals surface area contributed by atoms with Crippen LogP contribution in [-0.4, -0.2) is 74.9 Å². The minimum atomic E-state index is 0.240. The van der Waals surface area contributed by atoms with Gasteiger partial charge in [0.1, 0.15) is 0 Å². The Morgan fingerprint density at radius 1 is 1.21 bits per heavy atom. The van der Waals surface area contributed by atoms with Crippen molar-refractivity contribution in [3.8, 4) is 0 Å². The summed E-state index contributed by atoms with van der Waals surface area (Å²) in [6.45, 7) is 13.4. The molecule has 0 aromatic carbocycles. The van der Waals surface area contributed by atoms with E-state index in [1.807, 2.05) is 0 Å². The fraction of sp³-hybridized carbons (Fsp3) is 1.00. The minimum absolute atomic E-state index is 0.240. The maximum atomic E-state index is 5.44. The molecule has 1 unspecified atom stereocenters. The summed E-state index contributed by atoms with van der Waals surface area (Å²) in [4.78, 5) is 5.01. The fourth-order valence-corrected chi connectivity index (χ4v) is 3.30. The molecular formula is C15H31N3O. The highest BCUT2D eigenvalue weighted by Crippen LogP contribution is 2.17. The van der Waals surface area contributed by atoms with Gasteiger partial charge in [0, 0.05) is 31.7 Å². The molecule has 0 aromatic heterocycles. The molecule has 0 bridgehead atoms. The van der Waals surface area contributed by atoms with E-state index in [2.05, 4.69) is 36.0 Å². The zero-order valence-electron chi connectivity index (χ0n) is 13.0. The quantitative estimate of drug-likeness (QED) is 0.807. The molecule has 2 aliphatic rings. The lowest BCUT2D eigenvalue weighted by Crippen LogP contribution is -2.55. The van der Waals surface area contributed by atoms with Crippen molar-refractivity contribution in [3.63, 3.8) is 0 Å². The van der Waals surface area contributed by atoms with Gasteiger partial charge in [-0.15, -0.1) is 0 Å². The Hall–Kier alpha value is -0.160. The summed E-state index contributed by atoms with van der Waals surface area (Å²) in [6, 6.07) is 0.